The van der Waals surface area contributed by atoms with Gasteiger partial charge in [0.2, 0.25) is 0 Å². The van der Waals surface area contributed by atoms with Crippen molar-refractivity contribution in [1.29, 1.82) is 0 Å². The maximum atomic E-state index is 4.69. The number of rotatable bonds is 8. The van der Waals surface area contributed by atoms with Crippen LogP contribution in [0.25, 0.3) is 0 Å². The van der Waals surface area contributed by atoms with E-state index in [2.05, 4.69) is 65.7 Å². The van der Waals surface area contributed by atoms with E-state index in [1.54, 1.807) is 6.20 Å². The summed E-state index contributed by atoms with van der Waals surface area (Å²) in [6.45, 7) is 8.39. The fraction of sp³-hybridized carbons (Fsp3) is 0.400. The molecule has 0 fully saturated rings. The van der Waals surface area contributed by atoms with Gasteiger partial charge >= 0.3 is 0 Å². The topological polar surface area (TPSA) is 52.6 Å². The third-order valence-electron chi connectivity index (χ3n) is 3.91. The highest BCUT2D eigenvalue weighted by atomic mass is 15.2. The highest BCUT2D eigenvalue weighted by Crippen LogP contribution is 2.08. The van der Waals surface area contributed by atoms with E-state index in [9.17, 15) is 0 Å². The molecule has 1 heterocycles. The molecule has 1 aromatic carbocycles. The number of nitrogens with one attached hydrogen (secondary N) is 2. The van der Waals surface area contributed by atoms with Crippen LogP contribution >= 0.6 is 0 Å². The van der Waals surface area contributed by atoms with Gasteiger partial charge in [-0.15, -0.1) is 0 Å². The summed E-state index contributed by atoms with van der Waals surface area (Å²) in [5.74, 6) is 0.809. The van der Waals surface area contributed by atoms with Gasteiger partial charge in [-0.2, -0.15) is 0 Å². The second-order valence-corrected chi connectivity index (χ2v) is 6.02. The third kappa shape index (κ3) is 6.93. The van der Waals surface area contributed by atoms with Gasteiger partial charge in [0.15, 0.2) is 5.96 Å². The Morgan fingerprint density at radius 3 is 2.64 bits per heavy atom. The molecule has 25 heavy (non-hydrogen) atoms. The first kappa shape index (κ1) is 18.9. The fourth-order valence-electron chi connectivity index (χ4n) is 2.44. The molecule has 0 saturated heterocycles. The van der Waals surface area contributed by atoms with E-state index in [1.165, 1.54) is 11.1 Å². The molecule has 0 radical (unpaired) electrons. The van der Waals surface area contributed by atoms with E-state index in [1.807, 2.05) is 18.2 Å². The summed E-state index contributed by atoms with van der Waals surface area (Å²) in [6, 6.07) is 14.6. The van der Waals surface area contributed by atoms with Crippen LogP contribution in [-0.2, 0) is 19.6 Å². The minimum absolute atomic E-state index is 0.654. The molecule has 0 aliphatic carbocycles. The first-order chi connectivity index (χ1) is 12.2. The number of guanidine groups is 1. The number of pyridine rings is 1. The van der Waals surface area contributed by atoms with E-state index >= 15 is 0 Å². The Morgan fingerprint density at radius 1 is 1.08 bits per heavy atom. The normalized spacial score (nSPS) is 11.6. The lowest BCUT2D eigenvalue weighted by molar-refractivity contribution is 0.345. The minimum Gasteiger partial charge on any atom is -0.357 e. The van der Waals surface area contributed by atoms with Crippen molar-refractivity contribution < 1.29 is 0 Å². The molecule has 0 bridgehead atoms. The number of hydrogen-bond acceptors (Lipinski definition) is 3. The summed E-state index contributed by atoms with van der Waals surface area (Å²) >= 11 is 0. The minimum atomic E-state index is 0.654. The van der Waals surface area contributed by atoms with Crippen LogP contribution in [0.5, 0.6) is 0 Å². The molecule has 2 rings (SSSR count). The zero-order valence-corrected chi connectivity index (χ0v) is 15.5. The maximum Gasteiger partial charge on any atom is 0.191 e. The van der Waals surface area contributed by atoms with E-state index < -0.39 is 0 Å². The Morgan fingerprint density at radius 2 is 1.92 bits per heavy atom. The monoisotopic (exact) mass is 339 g/mol. The molecule has 0 spiro atoms. The van der Waals surface area contributed by atoms with Gasteiger partial charge in [-0.25, -0.2) is 4.99 Å². The van der Waals surface area contributed by atoms with Crippen molar-refractivity contribution >= 4 is 5.96 Å². The zero-order valence-electron chi connectivity index (χ0n) is 15.5. The average molecular weight is 339 g/mol. The predicted octanol–water partition coefficient (Wildman–Crippen LogP) is 2.79. The van der Waals surface area contributed by atoms with Gasteiger partial charge in [-0.3, -0.25) is 4.98 Å². The van der Waals surface area contributed by atoms with E-state index in [0.29, 0.717) is 13.1 Å². The van der Waals surface area contributed by atoms with Gasteiger partial charge in [0.1, 0.15) is 0 Å². The van der Waals surface area contributed by atoms with Crippen LogP contribution in [0.3, 0.4) is 0 Å². The van der Waals surface area contributed by atoms with E-state index in [-0.39, 0.29) is 0 Å². The largest absolute Gasteiger partial charge is 0.357 e. The highest BCUT2D eigenvalue weighted by Gasteiger charge is 2.01. The molecule has 2 aromatic rings. The summed E-state index contributed by atoms with van der Waals surface area (Å²) in [5.41, 5.74) is 3.54. The Balaban J connectivity index is 1.96. The van der Waals surface area contributed by atoms with Crippen molar-refractivity contribution in [3.63, 3.8) is 0 Å². The second kappa shape index (κ2) is 10.5. The molecule has 0 aliphatic rings. The van der Waals surface area contributed by atoms with Crippen molar-refractivity contribution in [1.82, 2.24) is 20.5 Å². The lowest BCUT2D eigenvalue weighted by Crippen LogP contribution is -2.37. The average Bonchev–Trinajstić information content (AvgIpc) is 2.65. The van der Waals surface area contributed by atoms with Crippen molar-refractivity contribution in [3.05, 3.63) is 65.5 Å². The molecule has 0 unspecified atom stereocenters. The molecular weight excluding hydrogens is 310 g/mol. The van der Waals surface area contributed by atoms with Crippen LogP contribution in [-0.4, -0.2) is 36.0 Å². The second-order valence-electron chi connectivity index (χ2n) is 6.02. The van der Waals surface area contributed by atoms with Gasteiger partial charge < -0.3 is 15.5 Å². The summed E-state index contributed by atoms with van der Waals surface area (Å²) in [5, 5.41) is 6.61. The van der Waals surface area contributed by atoms with Crippen molar-refractivity contribution in [2.24, 2.45) is 4.99 Å². The number of aliphatic imine (C=N–C) groups is 1. The Labute approximate surface area is 151 Å². The van der Waals surface area contributed by atoms with Crippen LogP contribution in [0.4, 0.5) is 0 Å². The molecule has 2 N–H and O–H groups in total. The van der Waals surface area contributed by atoms with Crippen LogP contribution in [0, 0.1) is 0 Å². The molecule has 0 atom stereocenters. The quantitative estimate of drug-likeness (QED) is 0.574. The first-order valence-corrected chi connectivity index (χ1v) is 8.89. The summed E-state index contributed by atoms with van der Waals surface area (Å²) < 4.78 is 0. The van der Waals surface area contributed by atoms with Crippen LogP contribution < -0.4 is 10.6 Å². The van der Waals surface area contributed by atoms with E-state index in [4.69, 9.17) is 4.99 Å². The predicted molar refractivity (Wildman–Crippen MR) is 104 cm³/mol. The van der Waals surface area contributed by atoms with Gasteiger partial charge in [-0.1, -0.05) is 37.3 Å². The van der Waals surface area contributed by atoms with Gasteiger partial charge in [-0.05, 0) is 43.8 Å². The molecule has 134 valence electrons. The number of benzene rings is 1. The highest BCUT2D eigenvalue weighted by molar-refractivity contribution is 5.79. The third-order valence-corrected chi connectivity index (χ3v) is 3.91. The standard InChI is InChI=1S/C20H29N5/c1-4-21-20(24-15-19-11-6-7-12-22-19)23-14-17-9-8-10-18(13-17)16-25(3)5-2/h6-13H,4-5,14-16H2,1-3H3,(H2,21,23,24). The molecule has 0 amide bonds. The molecule has 1 aromatic heterocycles. The zero-order chi connectivity index (χ0) is 17.9. The van der Waals surface area contributed by atoms with Crippen molar-refractivity contribution in [2.45, 2.75) is 33.5 Å². The van der Waals surface area contributed by atoms with Gasteiger partial charge in [0.05, 0.1) is 18.8 Å². The molecule has 0 aliphatic heterocycles. The summed E-state index contributed by atoms with van der Waals surface area (Å²) in [7, 11) is 2.13. The SMILES string of the molecule is CCNC(=NCc1cccc(CN(C)CC)c1)NCc1ccccn1. The first-order valence-electron chi connectivity index (χ1n) is 8.89. The van der Waals surface area contributed by atoms with Crippen LogP contribution in [0.2, 0.25) is 0 Å². The smallest absolute Gasteiger partial charge is 0.191 e. The Hall–Kier alpha value is -2.40. The van der Waals surface area contributed by atoms with Crippen LogP contribution in [0.15, 0.2) is 53.7 Å². The molecule has 5 nitrogen and oxygen atoms in total. The Kier molecular flexibility index (Phi) is 7.92. The van der Waals surface area contributed by atoms with Gasteiger partial charge in [0.25, 0.3) is 0 Å². The lowest BCUT2D eigenvalue weighted by atomic mass is 10.1. The Bertz CT molecular complexity index is 654. The molecule has 0 saturated carbocycles. The van der Waals surface area contributed by atoms with Crippen LogP contribution in [0.1, 0.15) is 30.7 Å². The van der Waals surface area contributed by atoms with E-state index in [0.717, 1.165) is 31.3 Å². The van der Waals surface area contributed by atoms with Gasteiger partial charge in [0, 0.05) is 19.3 Å². The lowest BCUT2D eigenvalue weighted by Gasteiger charge is -2.14. The summed E-state index contributed by atoms with van der Waals surface area (Å²) in [4.78, 5) is 11.3. The molecule has 5 heteroatoms. The summed E-state index contributed by atoms with van der Waals surface area (Å²) in [6.07, 6.45) is 1.81. The fourth-order valence-corrected chi connectivity index (χ4v) is 2.44. The maximum absolute atomic E-state index is 4.69. The molecular formula is C20H29N5. The number of nitrogens with zero attached hydrogens (tertiary/aromatic N) is 3. The number of aromatic nitrogens is 1. The van der Waals surface area contributed by atoms with Crippen molar-refractivity contribution in [2.75, 3.05) is 20.1 Å². The van der Waals surface area contributed by atoms with Crippen molar-refractivity contribution in [3.8, 4) is 0 Å². The number of hydrogen-bond donors (Lipinski definition) is 2.